The van der Waals surface area contributed by atoms with Crippen molar-refractivity contribution < 1.29 is 0 Å². The van der Waals surface area contributed by atoms with E-state index in [0.717, 1.165) is 17.8 Å². The van der Waals surface area contributed by atoms with Crippen LogP contribution in [0.1, 0.15) is 25.7 Å². The number of fused-ring (bicyclic) bond motifs is 2. The lowest BCUT2D eigenvalue weighted by atomic mass is 9.91. The Bertz CT molecular complexity index is 111. The second-order valence-electron chi connectivity index (χ2n) is 3.59. The van der Waals surface area contributed by atoms with Crippen molar-refractivity contribution in [2.45, 2.75) is 25.7 Å². The maximum Gasteiger partial charge on any atom is 0.00624 e. The van der Waals surface area contributed by atoms with Gasteiger partial charge in [-0.2, -0.15) is 0 Å². The smallest absolute Gasteiger partial charge is 0.00624 e. The molecule has 2 aliphatic carbocycles. The van der Waals surface area contributed by atoms with Gasteiger partial charge < -0.3 is 0 Å². The first-order valence-electron chi connectivity index (χ1n) is 3.96. The van der Waals surface area contributed by atoms with E-state index in [0.29, 0.717) is 0 Å². The molecule has 0 amide bonds. The minimum absolute atomic E-state index is 1.05. The van der Waals surface area contributed by atoms with Crippen molar-refractivity contribution in [3.05, 3.63) is 0 Å². The molecular formula is C8H13Br. The lowest BCUT2D eigenvalue weighted by Crippen LogP contribution is -2.10. The van der Waals surface area contributed by atoms with Crippen LogP contribution >= 0.6 is 15.9 Å². The van der Waals surface area contributed by atoms with Crippen molar-refractivity contribution in [2.24, 2.45) is 17.8 Å². The first-order valence-corrected chi connectivity index (χ1v) is 5.08. The van der Waals surface area contributed by atoms with Crippen LogP contribution < -0.4 is 0 Å². The molecule has 0 saturated heterocycles. The summed E-state index contributed by atoms with van der Waals surface area (Å²) in [4.78, 5) is 0. The van der Waals surface area contributed by atoms with E-state index in [2.05, 4.69) is 15.9 Å². The molecule has 0 heterocycles. The second kappa shape index (κ2) is 2.26. The minimum atomic E-state index is 1.05. The fourth-order valence-electron chi connectivity index (χ4n) is 2.57. The van der Waals surface area contributed by atoms with Gasteiger partial charge in [-0.1, -0.05) is 22.4 Å². The van der Waals surface area contributed by atoms with Crippen molar-refractivity contribution in [3.8, 4) is 0 Å². The van der Waals surface area contributed by atoms with Gasteiger partial charge in [-0.15, -0.1) is 0 Å². The first-order chi connectivity index (χ1) is 4.40. The maximum absolute atomic E-state index is 3.58. The molecule has 0 aromatic carbocycles. The van der Waals surface area contributed by atoms with E-state index in [4.69, 9.17) is 0 Å². The van der Waals surface area contributed by atoms with Crippen LogP contribution in [-0.2, 0) is 0 Å². The van der Waals surface area contributed by atoms with Gasteiger partial charge in [-0.25, -0.2) is 0 Å². The molecule has 2 bridgehead atoms. The van der Waals surface area contributed by atoms with Gasteiger partial charge in [0.05, 0.1) is 0 Å². The fraction of sp³-hybridized carbons (Fsp3) is 1.00. The molecule has 52 valence electrons. The molecule has 0 aliphatic heterocycles. The number of rotatable bonds is 1. The molecule has 0 aromatic heterocycles. The summed E-state index contributed by atoms with van der Waals surface area (Å²) in [5.74, 6) is 3.27. The largest absolute Gasteiger partial charge is 0.0925 e. The molecule has 2 rings (SSSR count). The predicted molar refractivity (Wildman–Crippen MR) is 42.7 cm³/mol. The lowest BCUT2D eigenvalue weighted by Gasteiger charge is -2.18. The molecular weight excluding hydrogens is 176 g/mol. The zero-order valence-corrected chi connectivity index (χ0v) is 7.23. The summed E-state index contributed by atoms with van der Waals surface area (Å²) in [6, 6.07) is 0. The normalized spacial score (nSPS) is 48.3. The van der Waals surface area contributed by atoms with Gasteiger partial charge in [0.2, 0.25) is 0 Å². The van der Waals surface area contributed by atoms with Crippen LogP contribution in [0.3, 0.4) is 0 Å². The van der Waals surface area contributed by atoms with Crippen molar-refractivity contribution >= 4 is 15.9 Å². The Labute approximate surface area is 65.1 Å². The van der Waals surface area contributed by atoms with Gasteiger partial charge in [0.25, 0.3) is 0 Å². The Morgan fingerprint density at radius 3 is 2.44 bits per heavy atom. The van der Waals surface area contributed by atoms with Crippen LogP contribution in [0, 0.1) is 17.8 Å². The Morgan fingerprint density at radius 2 is 2.11 bits per heavy atom. The van der Waals surface area contributed by atoms with E-state index in [9.17, 15) is 0 Å². The molecule has 0 aromatic rings. The standard InChI is InChI=1S/C8H13Br/c9-5-8-4-6-1-2-7(8)3-6/h6-8H,1-5H2/t6-,7-,8+/m1/s1. The average molecular weight is 189 g/mol. The third-order valence-electron chi connectivity index (χ3n) is 3.08. The summed E-state index contributed by atoms with van der Waals surface area (Å²) in [6.07, 6.45) is 6.14. The van der Waals surface area contributed by atoms with Crippen LogP contribution in [0.5, 0.6) is 0 Å². The lowest BCUT2D eigenvalue weighted by molar-refractivity contribution is 0.367. The average Bonchev–Trinajstić information content (AvgIpc) is 2.45. The maximum atomic E-state index is 3.58. The van der Waals surface area contributed by atoms with Crippen LogP contribution in [0.4, 0.5) is 0 Å². The highest BCUT2D eigenvalue weighted by Crippen LogP contribution is 2.48. The van der Waals surface area contributed by atoms with E-state index in [1.54, 1.807) is 6.42 Å². The van der Waals surface area contributed by atoms with Gasteiger partial charge in [0, 0.05) is 5.33 Å². The van der Waals surface area contributed by atoms with Crippen LogP contribution in [0.25, 0.3) is 0 Å². The third-order valence-corrected chi connectivity index (χ3v) is 3.91. The molecule has 2 aliphatic rings. The topological polar surface area (TPSA) is 0 Å². The van der Waals surface area contributed by atoms with E-state index < -0.39 is 0 Å². The molecule has 0 spiro atoms. The molecule has 0 nitrogen and oxygen atoms in total. The Kier molecular flexibility index (Phi) is 1.56. The molecule has 0 radical (unpaired) electrons. The molecule has 2 saturated carbocycles. The van der Waals surface area contributed by atoms with Gasteiger partial charge in [0.15, 0.2) is 0 Å². The minimum Gasteiger partial charge on any atom is -0.0925 e. The summed E-state index contributed by atoms with van der Waals surface area (Å²) >= 11 is 3.58. The Balaban J connectivity index is 2.01. The summed E-state index contributed by atoms with van der Waals surface area (Å²) in [5, 5.41) is 1.26. The number of halogens is 1. The van der Waals surface area contributed by atoms with E-state index in [1.807, 2.05) is 0 Å². The van der Waals surface area contributed by atoms with Crippen molar-refractivity contribution in [1.29, 1.82) is 0 Å². The van der Waals surface area contributed by atoms with E-state index in [-0.39, 0.29) is 0 Å². The zero-order valence-electron chi connectivity index (χ0n) is 5.65. The summed E-state index contributed by atoms with van der Waals surface area (Å²) in [7, 11) is 0. The summed E-state index contributed by atoms with van der Waals surface area (Å²) in [5.41, 5.74) is 0. The highest BCUT2D eigenvalue weighted by Gasteiger charge is 2.38. The quantitative estimate of drug-likeness (QED) is 0.556. The SMILES string of the molecule is BrC[C@@H]1C[C@@H]2CC[C@@H]1C2. The van der Waals surface area contributed by atoms with Crippen molar-refractivity contribution in [1.82, 2.24) is 0 Å². The van der Waals surface area contributed by atoms with E-state index >= 15 is 0 Å². The second-order valence-corrected chi connectivity index (χ2v) is 4.24. The van der Waals surface area contributed by atoms with Gasteiger partial charge in [-0.05, 0) is 37.0 Å². The first kappa shape index (κ1) is 6.21. The number of hydrogen-bond acceptors (Lipinski definition) is 0. The molecule has 1 heteroatoms. The molecule has 0 N–H and O–H groups in total. The van der Waals surface area contributed by atoms with Gasteiger partial charge >= 0.3 is 0 Å². The molecule has 2 fully saturated rings. The molecule has 3 atom stereocenters. The monoisotopic (exact) mass is 188 g/mol. The Morgan fingerprint density at radius 1 is 1.22 bits per heavy atom. The fourth-order valence-corrected chi connectivity index (χ4v) is 3.36. The van der Waals surface area contributed by atoms with Crippen LogP contribution in [0.15, 0.2) is 0 Å². The highest BCUT2D eigenvalue weighted by atomic mass is 79.9. The van der Waals surface area contributed by atoms with E-state index in [1.165, 1.54) is 24.6 Å². The summed E-state index contributed by atoms with van der Waals surface area (Å²) < 4.78 is 0. The van der Waals surface area contributed by atoms with Gasteiger partial charge in [-0.3, -0.25) is 0 Å². The molecule has 0 unspecified atom stereocenters. The highest BCUT2D eigenvalue weighted by molar-refractivity contribution is 9.09. The number of hydrogen-bond donors (Lipinski definition) is 0. The van der Waals surface area contributed by atoms with Gasteiger partial charge in [0.1, 0.15) is 0 Å². The number of alkyl halides is 1. The predicted octanol–water partition coefficient (Wildman–Crippen LogP) is 2.82. The van der Waals surface area contributed by atoms with Crippen LogP contribution in [-0.4, -0.2) is 5.33 Å². The molecule has 9 heavy (non-hydrogen) atoms. The third kappa shape index (κ3) is 0.938. The van der Waals surface area contributed by atoms with Crippen molar-refractivity contribution in [3.63, 3.8) is 0 Å². The summed E-state index contributed by atoms with van der Waals surface area (Å²) in [6.45, 7) is 0. The van der Waals surface area contributed by atoms with Crippen LogP contribution in [0.2, 0.25) is 0 Å². The zero-order chi connectivity index (χ0) is 6.27. The van der Waals surface area contributed by atoms with Crippen molar-refractivity contribution in [2.75, 3.05) is 5.33 Å². The Hall–Kier alpha value is 0.480.